The number of fused-ring (bicyclic) bond motifs is 1. The van der Waals surface area contributed by atoms with Crippen molar-refractivity contribution in [1.82, 2.24) is 10.2 Å². The SMILES string of the molecule is NC1C2CC1N(C1=NCCN1)C2. The minimum absolute atomic E-state index is 0.412. The van der Waals surface area contributed by atoms with Crippen molar-refractivity contribution < 1.29 is 0 Å². The van der Waals surface area contributed by atoms with Crippen molar-refractivity contribution in [2.75, 3.05) is 19.6 Å². The average molecular weight is 166 g/mol. The van der Waals surface area contributed by atoms with E-state index in [9.17, 15) is 0 Å². The van der Waals surface area contributed by atoms with Crippen LogP contribution in [0.1, 0.15) is 6.42 Å². The molecule has 3 fully saturated rings. The first-order valence-electron chi connectivity index (χ1n) is 4.67. The molecule has 4 aliphatic rings. The van der Waals surface area contributed by atoms with E-state index in [4.69, 9.17) is 5.73 Å². The van der Waals surface area contributed by atoms with Crippen molar-refractivity contribution in [3.05, 3.63) is 0 Å². The van der Waals surface area contributed by atoms with E-state index in [0.717, 1.165) is 31.5 Å². The molecule has 3 heterocycles. The second-order valence-electron chi connectivity index (χ2n) is 3.92. The van der Waals surface area contributed by atoms with Crippen LogP contribution in [0.15, 0.2) is 4.99 Å². The maximum absolute atomic E-state index is 5.96. The molecule has 3 aliphatic heterocycles. The zero-order valence-corrected chi connectivity index (χ0v) is 7.03. The lowest BCUT2D eigenvalue weighted by Crippen LogP contribution is -2.52. The Labute approximate surface area is 71.8 Å². The van der Waals surface area contributed by atoms with Gasteiger partial charge in [0.2, 0.25) is 0 Å². The highest BCUT2D eigenvalue weighted by Crippen LogP contribution is 2.39. The molecule has 1 aliphatic carbocycles. The highest BCUT2D eigenvalue weighted by molar-refractivity contribution is 5.82. The lowest BCUT2D eigenvalue weighted by molar-refractivity contribution is 0.265. The van der Waals surface area contributed by atoms with Gasteiger partial charge in [-0.3, -0.25) is 4.99 Å². The fourth-order valence-electron chi connectivity index (χ4n) is 2.48. The molecule has 0 radical (unpaired) electrons. The molecule has 0 aromatic heterocycles. The first-order valence-corrected chi connectivity index (χ1v) is 4.67. The lowest BCUT2D eigenvalue weighted by Gasteiger charge is -2.33. The Kier molecular flexibility index (Phi) is 1.19. The third-order valence-corrected chi connectivity index (χ3v) is 3.29. The predicted octanol–water partition coefficient (Wildman–Crippen LogP) is -1.02. The summed E-state index contributed by atoms with van der Waals surface area (Å²) in [7, 11) is 0. The van der Waals surface area contributed by atoms with E-state index in [1.54, 1.807) is 0 Å². The summed E-state index contributed by atoms with van der Waals surface area (Å²) in [5.41, 5.74) is 5.96. The smallest absolute Gasteiger partial charge is 0.194 e. The van der Waals surface area contributed by atoms with Crippen LogP contribution < -0.4 is 11.1 Å². The Bertz CT molecular complexity index is 237. The molecular formula is C8H14N4. The minimum atomic E-state index is 0.412. The number of nitrogens with two attached hydrogens (primary N) is 1. The van der Waals surface area contributed by atoms with Gasteiger partial charge in [0, 0.05) is 25.2 Å². The standard InChI is InChI=1S/C8H14N4/c9-7-5-3-6(7)12(4-5)8-10-1-2-11-8/h5-7H,1-4,9H2,(H,10,11). The van der Waals surface area contributed by atoms with Crippen LogP contribution in [0.2, 0.25) is 0 Å². The number of hydrogen-bond donors (Lipinski definition) is 2. The third kappa shape index (κ3) is 0.684. The molecule has 0 spiro atoms. The molecule has 1 saturated carbocycles. The molecule has 4 nitrogen and oxygen atoms in total. The summed E-state index contributed by atoms with van der Waals surface area (Å²) in [4.78, 5) is 6.75. The van der Waals surface area contributed by atoms with Crippen LogP contribution in [0.25, 0.3) is 0 Å². The third-order valence-electron chi connectivity index (χ3n) is 3.29. The van der Waals surface area contributed by atoms with Crippen molar-refractivity contribution in [2.24, 2.45) is 16.6 Å². The lowest BCUT2D eigenvalue weighted by atomic mass is 9.81. The molecule has 3 N–H and O–H groups in total. The highest BCUT2D eigenvalue weighted by atomic mass is 15.4. The maximum Gasteiger partial charge on any atom is 0.194 e. The summed E-state index contributed by atoms with van der Waals surface area (Å²) in [6, 6.07) is 0.995. The van der Waals surface area contributed by atoms with Crippen molar-refractivity contribution in [3.8, 4) is 0 Å². The van der Waals surface area contributed by atoms with Gasteiger partial charge >= 0.3 is 0 Å². The summed E-state index contributed by atoms with van der Waals surface area (Å²) < 4.78 is 0. The Morgan fingerprint density at radius 3 is 3.00 bits per heavy atom. The van der Waals surface area contributed by atoms with Crippen LogP contribution in [-0.2, 0) is 0 Å². The Morgan fingerprint density at radius 2 is 2.50 bits per heavy atom. The van der Waals surface area contributed by atoms with Gasteiger partial charge in [0.15, 0.2) is 5.96 Å². The van der Waals surface area contributed by atoms with Gasteiger partial charge in [-0.25, -0.2) is 0 Å². The number of guanidine groups is 1. The quantitative estimate of drug-likeness (QED) is 0.484. The van der Waals surface area contributed by atoms with Crippen LogP contribution in [0.4, 0.5) is 0 Å². The minimum Gasteiger partial charge on any atom is -0.354 e. The fourth-order valence-corrected chi connectivity index (χ4v) is 2.48. The Balaban J connectivity index is 1.79. The van der Waals surface area contributed by atoms with Crippen LogP contribution in [0.5, 0.6) is 0 Å². The van der Waals surface area contributed by atoms with Crippen LogP contribution >= 0.6 is 0 Å². The van der Waals surface area contributed by atoms with Gasteiger partial charge in [0.05, 0.1) is 6.54 Å². The number of rotatable bonds is 0. The predicted molar refractivity (Wildman–Crippen MR) is 46.9 cm³/mol. The zero-order valence-electron chi connectivity index (χ0n) is 7.03. The van der Waals surface area contributed by atoms with Crippen molar-refractivity contribution in [1.29, 1.82) is 0 Å². The van der Waals surface area contributed by atoms with E-state index in [2.05, 4.69) is 15.2 Å². The Morgan fingerprint density at radius 1 is 1.58 bits per heavy atom. The molecule has 2 saturated heterocycles. The van der Waals surface area contributed by atoms with Gasteiger partial charge < -0.3 is 16.0 Å². The molecule has 4 rings (SSSR count). The summed E-state index contributed by atoms with van der Waals surface area (Å²) in [6.45, 7) is 3.05. The molecule has 0 aromatic carbocycles. The molecule has 4 heteroatoms. The van der Waals surface area contributed by atoms with Gasteiger partial charge in [-0.05, 0) is 12.3 Å². The number of nitrogens with zero attached hydrogens (tertiary/aromatic N) is 2. The highest BCUT2D eigenvalue weighted by Gasteiger charge is 2.51. The molecule has 0 aromatic rings. The second kappa shape index (κ2) is 2.13. The summed E-state index contributed by atoms with van der Waals surface area (Å²) in [6.07, 6.45) is 1.28. The Hall–Kier alpha value is -0.770. The van der Waals surface area contributed by atoms with Crippen LogP contribution in [0.3, 0.4) is 0 Å². The van der Waals surface area contributed by atoms with Gasteiger partial charge in [0.25, 0.3) is 0 Å². The largest absolute Gasteiger partial charge is 0.354 e. The summed E-state index contributed by atoms with van der Waals surface area (Å²) in [5.74, 6) is 1.83. The zero-order chi connectivity index (χ0) is 8.13. The van der Waals surface area contributed by atoms with E-state index in [-0.39, 0.29) is 0 Å². The fraction of sp³-hybridized carbons (Fsp3) is 0.875. The van der Waals surface area contributed by atoms with E-state index in [1.165, 1.54) is 6.42 Å². The molecule has 12 heavy (non-hydrogen) atoms. The topological polar surface area (TPSA) is 53.6 Å². The van der Waals surface area contributed by atoms with Gasteiger partial charge in [-0.1, -0.05) is 0 Å². The molecule has 3 unspecified atom stereocenters. The van der Waals surface area contributed by atoms with Crippen LogP contribution in [0, 0.1) is 5.92 Å². The molecule has 0 amide bonds. The van der Waals surface area contributed by atoms with E-state index in [0.29, 0.717) is 12.1 Å². The molecule has 66 valence electrons. The normalized spacial score (nSPS) is 43.9. The molecule has 3 atom stereocenters. The average Bonchev–Trinajstić information content (AvgIpc) is 2.75. The van der Waals surface area contributed by atoms with E-state index >= 15 is 0 Å². The van der Waals surface area contributed by atoms with Crippen LogP contribution in [-0.4, -0.2) is 42.6 Å². The molecule has 2 bridgehead atoms. The van der Waals surface area contributed by atoms with Crippen molar-refractivity contribution >= 4 is 5.96 Å². The van der Waals surface area contributed by atoms with Crippen molar-refractivity contribution in [3.63, 3.8) is 0 Å². The maximum atomic E-state index is 5.96. The van der Waals surface area contributed by atoms with E-state index < -0.39 is 0 Å². The van der Waals surface area contributed by atoms with Crippen molar-refractivity contribution in [2.45, 2.75) is 18.5 Å². The number of hydrogen-bond acceptors (Lipinski definition) is 4. The first kappa shape index (κ1) is 6.71. The number of nitrogens with one attached hydrogen (secondary N) is 1. The monoisotopic (exact) mass is 166 g/mol. The van der Waals surface area contributed by atoms with Gasteiger partial charge in [-0.15, -0.1) is 0 Å². The number of aliphatic imine (C=N–C) groups is 1. The van der Waals surface area contributed by atoms with Gasteiger partial charge in [-0.2, -0.15) is 0 Å². The molecular weight excluding hydrogens is 152 g/mol. The second-order valence-corrected chi connectivity index (χ2v) is 3.92. The van der Waals surface area contributed by atoms with Gasteiger partial charge in [0.1, 0.15) is 0 Å². The van der Waals surface area contributed by atoms with E-state index in [1.807, 2.05) is 0 Å². The summed E-state index contributed by atoms with van der Waals surface area (Å²) in [5, 5.41) is 3.30. The first-order chi connectivity index (χ1) is 5.86. The summed E-state index contributed by atoms with van der Waals surface area (Å²) >= 11 is 0.